The molecule has 2 atom stereocenters. The van der Waals surface area contributed by atoms with Crippen LogP contribution in [0.25, 0.3) is 22.7 Å². The van der Waals surface area contributed by atoms with Crippen molar-refractivity contribution in [3.05, 3.63) is 48.0 Å². The summed E-state index contributed by atoms with van der Waals surface area (Å²) in [6.07, 6.45) is 2.99. The molecule has 3 aromatic rings. The Hall–Kier alpha value is -3.34. The van der Waals surface area contributed by atoms with Crippen molar-refractivity contribution in [1.29, 1.82) is 0 Å². The minimum absolute atomic E-state index is 0.0701. The smallest absolute Gasteiger partial charge is 0.232 e. The van der Waals surface area contributed by atoms with Crippen LogP contribution in [-0.4, -0.2) is 49.8 Å². The van der Waals surface area contributed by atoms with Gasteiger partial charge < -0.3 is 15.0 Å². The third-order valence-corrected chi connectivity index (χ3v) is 8.80. The second-order valence-corrected chi connectivity index (χ2v) is 10.8. The summed E-state index contributed by atoms with van der Waals surface area (Å²) in [5, 5.41) is 4.03. The van der Waals surface area contributed by atoms with Crippen molar-refractivity contribution in [3.63, 3.8) is 0 Å². The lowest BCUT2D eigenvalue weighted by Gasteiger charge is -2.35. The molecule has 2 unspecified atom stereocenters. The minimum Gasteiger partial charge on any atom is -0.480 e. The predicted octanol–water partition coefficient (Wildman–Crippen LogP) is 3.23. The fourth-order valence-electron chi connectivity index (χ4n) is 3.45. The monoisotopic (exact) mass is 458 g/mol. The highest BCUT2D eigenvalue weighted by molar-refractivity contribution is 7.95. The second kappa shape index (κ2) is 7.97. The first-order chi connectivity index (χ1) is 15.2. The number of hydrogen-bond acceptors (Lipinski definition) is 9. The Balaban J connectivity index is 1.71. The lowest BCUT2D eigenvalue weighted by atomic mass is 10.0. The molecule has 0 spiro atoms. The van der Waals surface area contributed by atoms with Crippen LogP contribution in [0.4, 0.5) is 4.39 Å². The van der Waals surface area contributed by atoms with Crippen LogP contribution in [-0.2, 0) is 9.73 Å². The largest absolute Gasteiger partial charge is 0.480 e. The zero-order valence-electron chi connectivity index (χ0n) is 18.1. The number of hydrogen-bond donors (Lipinski definition) is 1. The van der Waals surface area contributed by atoms with Crippen LogP contribution in [0.3, 0.4) is 0 Å². The lowest BCUT2D eigenvalue weighted by Crippen LogP contribution is -2.50. The van der Waals surface area contributed by atoms with E-state index < -0.39 is 26.3 Å². The number of aromatic nitrogens is 3. The fraction of sp³-hybridized carbons (Fsp3) is 0.333. The summed E-state index contributed by atoms with van der Waals surface area (Å²) in [6.45, 7) is 3.48. The number of amidine groups is 1. The number of benzene rings is 1. The first-order valence-corrected chi connectivity index (χ1v) is 11.5. The molecule has 0 amide bonds. The maximum atomic E-state index is 14.8. The van der Waals surface area contributed by atoms with Gasteiger partial charge in [0.2, 0.25) is 5.88 Å². The van der Waals surface area contributed by atoms with Crippen molar-refractivity contribution < 1.29 is 17.9 Å². The summed E-state index contributed by atoms with van der Waals surface area (Å²) in [4.78, 5) is 12.8. The second-order valence-electron chi connectivity index (χ2n) is 7.79. The molecule has 168 valence electrons. The van der Waals surface area contributed by atoms with Crippen LogP contribution >= 0.6 is 0 Å². The first kappa shape index (κ1) is 21.9. The van der Waals surface area contributed by atoms with Crippen LogP contribution in [0.15, 0.2) is 50.5 Å². The van der Waals surface area contributed by atoms with E-state index in [1.54, 1.807) is 32.0 Å². The van der Waals surface area contributed by atoms with Gasteiger partial charge in [0.05, 0.1) is 41.0 Å². The molecule has 1 aliphatic heterocycles. The van der Waals surface area contributed by atoms with Crippen molar-refractivity contribution in [2.45, 2.75) is 24.6 Å². The Morgan fingerprint density at radius 1 is 1.25 bits per heavy atom. The molecule has 4 rings (SSSR count). The van der Waals surface area contributed by atoms with E-state index in [4.69, 9.17) is 15.0 Å². The Morgan fingerprint density at radius 3 is 2.69 bits per heavy atom. The van der Waals surface area contributed by atoms with Gasteiger partial charge in [0.1, 0.15) is 27.8 Å². The molecule has 0 bridgehead atoms. The van der Waals surface area contributed by atoms with Crippen LogP contribution in [0.5, 0.6) is 5.88 Å². The van der Waals surface area contributed by atoms with E-state index in [1.165, 1.54) is 32.6 Å². The Bertz CT molecular complexity index is 1310. The number of nitrogens with two attached hydrogens (primary N) is 1. The van der Waals surface area contributed by atoms with Gasteiger partial charge in [0.15, 0.2) is 5.76 Å². The fourth-order valence-corrected chi connectivity index (χ4v) is 5.53. The van der Waals surface area contributed by atoms with E-state index in [-0.39, 0.29) is 17.2 Å². The van der Waals surface area contributed by atoms with Gasteiger partial charge in [-0.05, 0) is 32.0 Å². The van der Waals surface area contributed by atoms with E-state index in [9.17, 15) is 8.60 Å². The van der Waals surface area contributed by atoms with Crippen LogP contribution in [0, 0.1) is 5.82 Å². The summed E-state index contributed by atoms with van der Waals surface area (Å²) >= 11 is 0. The molecular formula is C21H23FN6O3S. The Morgan fingerprint density at radius 2 is 2.03 bits per heavy atom. The van der Waals surface area contributed by atoms with Crippen molar-refractivity contribution in [1.82, 2.24) is 15.1 Å². The maximum absolute atomic E-state index is 14.8. The molecule has 0 fully saturated rings. The third kappa shape index (κ3) is 3.62. The van der Waals surface area contributed by atoms with E-state index in [0.717, 1.165) is 0 Å². The summed E-state index contributed by atoms with van der Waals surface area (Å²) < 4.78 is 41.8. The molecule has 2 aromatic heterocycles. The zero-order chi connectivity index (χ0) is 23.1. The molecule has 0 aliphatic carbocycles. The topological polar surface area (TPSA) is 129 Å². The van der Waals surface area contributed by atoms with E-state index in [0.29, 0.717) is 28.6 Å². The van der Waals surface area contributed by atoms with Crippen molar-refractivity contribution in [3.8, 4) is 28.6 Å². The van der Waals surface area contributed by atoms with Crippen molar-refractivity contribution in [2.75, 3.05) is 19.9 Å². The maximum Gasteiger partial charge on any atom is 0.232 e. The third-order valence-electron chi connectivity index (χ3n) is 5.64. The molecule has 2 N–H and O–H groups in total. The summed E-state index contributed by atoms with van der Waals surface area (Å²) in [6, 6.07) is 5.45. The quantitative estimate of drug-likeness (QED) is 0.635. The van der Waals surface area contributed by atoms with Crippen molar-refractivity contribution in [2.24, 2.45) is 15.1 Å². The van der Waals surface area contributed by atoms with Gasteiger partial charge in [0, 0.05) is 24.2 Å². The number of halogens is 1. The highest BCUT2D eigenvalue weighted by Crippen LogP contribution is 2.36. The van der Waals surface area contributed by atoms with Crippen LogP contribution in [0.2, 0.25) is 0 Å². The van der Waals surface area contributed by atoms with E-state index in [2.05, 4.69) is 24.5 Å². The standard InChI is InChI=1S/C21H23FN6O3S/c1-21(2)20(23)27-17(11-32(21,29)24-3)13-7-12(5-6-14(13)22)18-8-15(28-31-18)16-9-26-19(30-4)10-25-16/h5-10,17H,11H2,1-4H3,(H2,23,27). The van der Waals surface area contributed by atoms with E-state index in [1.807, 2.05) is 0 Å². The molecule has 1 aromatic carbocycles. The first-order valence-electron chi connectivity index (χ1n) is 9.77. The number of methoxy groups -OCH3 is 1. The van der Waals surface area contributed by atoms with Gasteiger partial charge in [-0.15, -0.1) is 0 Å². The molecule has 0 saturated heterocycles. The summed E-state index contributed by atoms with van der Waals surface area (Å²) in [5.41, 5.74) is 7.93. The molecule has 32 heavy (non-hydrogen) atoms. The number of ether oxygens (including phenoxy) is 1. The van der Waals surface area contributed by atoms with Gasteiger partial charge in [-0.3, -0.25) is 4.99 Å². The Labute approximate surface area is 185 Å². The van der Waals surface area contributed by atoms with Gasteiger partial charge in [-0.25, -0.2) is 22.9 Å². The SMILES string of the molecule is CN=S1(=O)CC(c2cc(-c3cc(-c4cnc(OC)cn4)no3)ccc2F)N=C(N)C1(C)C. The van der Waals surface area contributed by atoms with Crippen molar-refractivity contribution >= 4 is 15.6 Å². The molecule has 3 heterocycles. The molecular weight excluding hydrogens is 435 g/mol. The number of rotatable bonds is 4. The molecule has 11 heteroatoms. The number of aliphatic imine (C=N–C) groups is 1. The summed E-state index contributed by atoms with van der Waals surface area (Å²) in [5.74, 6) is 0.572. The minimum atomic E-state index is -2.74. The van der Waals surface area contributed by atoms with Gasteiger partial charge in [-0.1, -0.05) is 5.16 Å². The average Bonchev–Trinajstić information content (AvgIpc) is 3.28. The molecule has 0 radical (unpaired) electrons. The number of nitrogens with zero attached hydrogens (tertiary/aromatic N) is 5. The predicted molar refractivity (Wildman–Crippen MR) is 119 cm³/mol. The van der Waals surface area contributed by atoms with Crippen LogP contribution in [0.1, 0.15) is 25.5 Å². The van der Waals surface area contributed by atoms with Gasteiger partial charge in [-0.2, -0.15) is 0 Å². The molecule has 1 aliphatic rings. The normalized spacial score (nSPS) is 22.3. The van der Waals surface area contributed by atoms with Crippen LogP contribution < -0.4 is 10.5 Å². The molecule has 9 nitrogen and oxygen atoms in total. The summed E-state index contributed by atoms with van der Waals surface area (Å²) in [7, 11) is 0.249. The average molecular weight is 459 g/mol. The zero-order valence-corrected chi connectivity index (χ0v) is 18.9. The highest BCUT2D eigenvalue weighted by Gasteiger charge is 2.42. The van der Waals surface area contributed by atoms with Gasteiger partial charge in [0.25, 0.3) is 0 Å². The Kier molecular flexibility index (Phi) is 5.45. The lowest BCUT2D eigenvalue weighted by molar-refractivity contribution is 0.395. The molecule has 0 saturated carbocycles. The highest BCUT2D eigenvalue weighted by atomic mass is 32.2. The van der Waals surface area contributed by atoms with E-state index >= 15 is 0 Å². The van der Waals surface area contributed by atoms with Gasteiger partial charge >= 0.3 is 0 Å².